The summed E-state index contributed by atoms with van der Waals surface area (Å²) < 4.78 is 6.19. The van der Waals surface area contributed by atoms with E-state index < -0.39 is 28.9 Å². The van der Waals surface area contributed by atoms with E-state index in [4.69, 9.17) is 4.74 Å². The number of aliphatic carboxylic acids is 1. The largest absolute Gasteiger partial charge is 0.481 e. The lowest BCUT2D eigenvalue weighted by molar-refractivity contribution is -0.235. The van der Waals surface area contributed by atoms with Crippen LogP contribution in [0.1, 0.15) is 138 Å². The van der Waals surface area contributed by atoms with Gasteiger partial charge in [0, 0.05) is 36.4 Å². The maximum atomic E-state index is 14.2. The quantitative estimate of drug-likeness (QED) is 0.182. The van der Waals surface area contributed by atoms with E-state index in [1.54, 1.807) is 13.8 Å². The van der Waals surface area contributed by atoms with Crippen molar-refractivity contribution in [2.24, 2.45) is 56.2 Å². The number of likely N-dealkylation sites (N-methyl/N-ethyl adjacent to an activating group) is 1. The average Bonchev–Trinajstić information content (AvgIpc) is 3.41. The van der Waals surface area contributed by atoms with Crippen LogP contribution in [0.25, 0.3) is 0 Å². The summed E-state index contributed by atoms with van der Waals surface area (Å²) in [6.07, 6.45) is 7.18. The van der Waals surface area contributed by atoms with Gasteiger partial charge in [0.05, 0.1) is 17.9 Å². The third-order valence-corrected chi connectivity index (χ3v) is 16.8. The lowest BCUT2D eigenvalue weighted by Crippen LogP contribution is -2.66. The molecule has 0 heterocycles. The van der Waals surface area contributed by atoms with Gasteiger partial charge >= 0.3 is 11.9 Å². The first-order chi connectivity index (χ1) is 25.5. The van der Waals surface area contributed by atoms with Crippen LogP contribution >= 0.6 is 0 Å². The number of hydrogen-bond acceptors (Lipinski definition) is 7. The van der Waals surface area contributed by atoms with Gasteiger partial charge in [-0.3, -0.25) is 14.4 Å². The first-order valence-electron chi connectivity index (χ1n) is 21.4. The van der Waals surface area contributed by atoms with Crippen LogP contribution in [0, 0.1) is 56.2 Å². The summed E-state index contributed by atoms with van der Waals surface area (Å²) in [4.78, 5) is 41.3. The van der Waals surface area contributed by atoms with Crippen LogP contribution in [0.2, 0.25) is 0 Å². The molecule has 5 aliphatic rings. The van der Waals surface area contributed by atoms with E-state index >= 15 is 0 Å². The summed E-state index contributed by atoms with van der Waals surface area (Å²) in [6.45, 7) is 21.0. The van der Waals surface area contributed by atoms with Crippen molar-refractivity contribution in [3.8, 4) is 0 Å². The highest BCUT2D eigenvalue weighted by Crippen LogP contribution is 2.77. The second kappa shape index (κ2) is 14.7. The number of hydrogen-bond donors (Lipinski definition) is 3. The number of carbonyl (C=O) groups excluding carboxylic acids is 2. The number of ketones is 1. The van der Waals surface area contributed by atoms with Gasteiger partial charge in [0.1, 0.15) is 6.10 Å². The molecule has 8 nitrogen and oxygen atoms in total. The molecule has 6 rings (SSSR count). The van der Waals surface area contributed by atoms with Gasteiger partial charge in [-0.2, -0.15) is 0 Å². The predicted octanol–water partition coefficient (Wildman–Crippen LogP) is 8.63. The molecule has 0 saturated heterocycles. The Morgan fingerprint density at radius 2 is 1.60 bits per heavy atom. The first-order valence-corrected chi connectivity index (χ1v) is 21.4. The Morgan fingerprint density at radius 1 is 0.927 bits per heavy atom. The van der Waals surface area contributed by atoms with Crippen molar-refractivity contribution in [1.82, 2.24) is 10.2 Å². The van der Waals surface area contributed by atoms with Crippen LogP contribution in [0.15, 0.2) is 41.5 Å². The number of esters is 1. The molecule has 5 aliphatic carbocycles. The van der Waals surface area contributed by atoms with Crippen LogP contribution in [0.5, 0.6) is 0 Å². The number of rotatable bonds is 12. The van der Waals surface area contributed by atoms with Gasteiger partial charge < -0.3 is 25.2 Å². The van der Waals surface area contributed by atoms with E-state index in [2.05, 4.69) is 97.0 Å². The molecule has 0 bridgehead atoms. The number of fused-ring (bicyclic) bond motifs is 7. The van der Waals surface area contributed by atoms with E-state index in [0.717, 1.165) is 63.5 Å². The van der Waals surface area contributed by atoms with Crippen LogP contribution in [0.4, 0.5) is 0 Å². The van der Waals surface area contributed by atoms with Crippen LogP contribution in [0.3, 0.4) is 0 Å². The number of nitrogens with one attached hydrogen (secondary N) is 1. The summed E-state index contributed by atoms with van der Waals surface area (Å²) in [5.41, 5.74) is 1.63. The molecule has 4 fully saturated rings. The summed E-state index contributed by atoms with van der Waals surface area (Å²) in [5.74, 6) is 0.0404. The van der Waals surface area contributed by atoms with Gasteiger partial charge in [-0.1, -0.05) is 84.4 Å². The maximum Gasteiger partial charge on any atom is 0.309 e. The molecular weight excluding hydrogens is 689 g/mol. The Bertz CT molecular complexity index is 1670. The van der Waals surface area contributed by atoms with Crippen molar-refractivity contribution in [2.45, 2.75) is 145 Å². The summed E-state index contributed by atoms with van der Waals surface area (Å²) in [7, 11) is 4.16. The van der Waals surface area contributed by atoms with Crippen molar-refractivity contribution in [1.29, 1.82) is 0 Å². The minimum atomic E-state index is -1.17. The first kappa shape index (κ1) is 42.1. The molecule has 0 spiro atoms. The Kier molecular flexibility index (Phi) is 11.2. The highest BCUT2D eigenvalue weighted by atomic mass is 16.5. The normalized spacial score (nSPS) is 36.8. The highest BCUT2D eigenvalue weighted by molar-refractivity contribution is 6.00. The second-order valence-corrected chi connectivity index (χ2v) is 21.2. The number of ether oxygens (including phenoxy) is 1. The van der Waals surface area contributed by atoms with Crippen molar-refractivity contribution in [3.05, 3.63) is 47.0 Å². The van der Waals surface area contributed by atoms with E-state index in [1.807, 2.05) is 6.07 Å². The van der Waals surface area contributed by atoms with Gasteiger partial charge in [-0.15, -0.1) is 0 Å². The zero-order chi connectivity index (χ0) is 40.5. The molecule has 1 aromatic rings. The Labute approximate surface area is 331 Å². The van der Waals surface area contributed by atoms with Crippen LogP contribution in [-0.4, -0.2) is 72.2 Å². The van der Waals surface area contributed by atoms with Gasteiger partial charge in [0.15, 0.2) is 5.78 Å². The van der Waals surface area contributed by atoms with Crippen LogP contribution in [-0.2, 0) is 19.1 Å². The molecule has 10 atom stereocenters. The third kappa shape index (κ3) is 6.86. The number of allylic oxidation sites excluding steroid dienone is 1. The van der Waals surface area contributed by atoms with Gasteiger partial charge in [-0.05, 0) is 130 Å². The van der Waals surface area contributed by atoms with Crippen molar-refractivity contribution in [3.63, 3.8) is 0 Å². The fraction of sp³-hybridized carbons (Fsp3) is 0.766. The number of carbonyl (C=O) groups is 3. The number of Topliss-reactive ketones (excluding diaryl/α,β-unsaturated/α-hetero) is 1. The molecule has 8 heteroatoms. The number of carboxylic acid groups (broad SMARTS) is 1. The van der Waals surface area contributed by atoms with E-state index in [0.29, 0.717) is 24.8 Å². The standard InChI is InChI=1S/C47H72N2O6/c1-29(2)39-33(50)25-47(36(51)27-48-32(28-49(10)11)30-15-13-12-14-16-30)24-23-45(8)31(40(39)47)17-18-35-44(7)21-20-37(55-38(52)26-42(3,4)41(53)54)43(5,6)34(44)19-22-46(35,45)9/h12-16,29,31-32,34-37,48,51H,17-28H2,1-11H3,(H,53,54)/t31-,32-,34+,35-,36-,37+,44+,45-,46-,47+/m1/s1. The molecule has 4 saturated carbocycles. The van der Waals surface area contributed by atoms with E-state index in [9.17, 15) is 24.6 Å². The highest BCUT2D eigenvalue weighted by Gasteiger charge is 2.70. The predicted molar refractivity (Wildman–Crippen MR) is 217 cm³/mol. The number of carboxylic acids is 1. The minimum absolute atomic E-state index is 0.0198. The van der Waals surface area contributed by atoms with Crippen molar-refractivity contribution < 1.29 is 29.3 Å². The Balaban J connectivity index is 1.27. The smallest absolute Gasteiger partial charge is 0.309 e. The minimum Gasteiger partial charge on any atom is -0.481 e. The molecule has 3 N–H and O–H groups in total. The molecule has 0 radical (unpaired) electrons. The monoisotopic (exact) mass is 761 g/mol. The lowest BCUT2D eigenvalue weighted by Gasteiger charge is -2.72. The van der Waals surface area contributed by atoms with Gasteiger partial charge in [0.25, 0.3) is 0 Å². The zero-order valence-corrected chi connectivity index (χ0v) is 35.9. The Morgan fingerprint density at radius 3 is 2.22 bits per heavy atom. The van der Waals surface area contributed by atoms with Gasteiger partial charge in [0.2, 0.25) is 0 Å². The summed E-state index contributed by atoms with van der Waals surface area (Å²) >= 11 is 0. The summed E-state index contributed by atoms with van der Waals surface area (Å²) in [5, 5.41) is 25.8. The fourth-order valence-corrected chi connectivity index (χ4v) is 13.7. The molecule has 0 unspecified atom stereocenters. The fourth-order valence-electron chi connectivity index (χ4n) is 13.7. The SMILES string of the molecule is CC(C)C1=C2[C@H]3CC[C@@H]4[C@@]5(C)CC[C@H](OC(=O)CC(C)(C)C(=O)O)C(C)(C)[C@@H]5CC[C@@]4(C)[C@]3(C)CC[C@@]2([C@H](O)CN[C@H](CN(C)C)c2ccccc2)CC1=O. The third-order valence-electron chi connectivity index (χ3n) is 16.8. The Hall–Kier alpha value is -2.55. The number of nitrogens with zero attached hydrogens (tertiary/aromatic N) is 1. The van der Waals surface area contributed by atoms with E-state index in [-0.39, 0.29) is 57.8 Å². The second-order valence-electron chi connectivity index (χ2n) is 21.2. The average molecular weight is 761 g/mol. The molecule has 0 aromatic heterocycles. The molecule has 0 amide bonds. The molecule has 55 heavy (non-hydrogen) atoms. The molecule has 0 aliphatic heterocycles. The number of aliphatic hydroxyl groups is 1. The summed E-state index contributed by atoms with van der Waals surface area (Å²) in [6, 6.07) is 10.5. The molecule has 1 aromatic carbocycles. The molecular formula is C47H72N2O6. The number of benzene rings is 1. The topological polar surface area (TPSA) is 116 Å². The number of aliphatic hydroxyl groups excluding tert-OH is 1. The van der Waals surface area contributed by atoms with Crippen molar-refractivity contribution >= 4 is 17.7 Å². The molecule has 306 valence electrons. The maximum absolute atomic E-state index is 14.2. The van der Waals surface area contributed by atoms with E-state index in [1.165, 1.54) is 11.1 Å². The van der Waals surface area contributed by atoms with Crippen molar-refractivity contribution in [2.75, 3.05) is 27.2 Å². The van der Waals surface area contributed by atoms with Crippen LogP contribution < -0.4 is 5.32 Å². The van der Waals surface area contributed by atoms with Gasteiger partial charge in [-0.25, -0.2) is 0 Å². The zero-order valence-electron chi connectivity index (χ0n) is 35.9. The lowest BCUT2D eigenvalue weighted by atomic mass is 9.33.